The normalized spacial score (nSPS) is 15.3. The van der Waals surface area contributed by atoms with E-state index >= 15 is 0 Å². The van der Waals surface area contributed by atoms with Gasteiger partial charge in [0.1, 0.15) is 6.07 Å². The van der Waals surface area contributed by atoms with Crippen LogP contribution in [0.1, 0.15) is 28.1 Å². The first kappa shape index (κ1) is 16.5. The molecule has 1 aromatic carbocycles. The summed E-state index contributed by atoms with van der Waals surface area (Å²) in [6.45, 7) is 11.0. The third kappa shape index (κ3) is 3.58. The molecule has 1 saturated heterocycles. The Bertz CT molecular complexity index is 768. The molecule has 0 atom stereocenters. The smallest absolute Gasteiger partial charge is 0.103 e. The number of aryl methyl sites for hydroxylation is 3. The average molecular weight is 320 g/mol. The lowest BCUT2D eigenvalue weighted by molar-refractivity contribution is 0.250. The van der Waals surface area contributed by atoms with Gasteiger partial charge in [0.2, 0.25) is 0 Å². The van der Waals surface area contributed by atoms with Gasteiger partial charge >= 0.3 is 0 Å². The monoisotopic (exact) mass is 320 g/mol. The van der Waals surface area contributed by atoms with Gasteiger partial charge in [0, 0.05) is 38.4 Å². The van der Waals surface area contributed by atoms with Crippen LogP contribution >= 0.6 is 0 Å². The van der Waals surface area contributed by atoms with Crippen molar-refractivity contribution in [2.24, 2.45) is 0 Å². The highest BCUT2D eigenvalue weighted by atomic mass is 15.3. The average Bonchev–Trinajstić information content (AvgIpc) is 2.55. The van der Waals surface area contributed by atoms with Crippen LogP contribution in [-0.4, -0.2) is 36.1 Å². The van der Waals surface area contributed by atoms with Gasteiger partial charge in [-0.2, -0.15) is 5.26 Å². The number of piperazine rings is 1. The summed E-state index contributed by atoms with van der Waals surface area (Å²) in [7, 11) is 0. The summed E-state index contributed by atoms with van der Waals surface area (Å²) < 4.78 is 0. The Morgan fingerprint density at radius 2 is 1.83 bits per heavy atom. The van der Waals surface area contributed by atoms with Crippen molar-refractivity contribution in [3.05, 3.63) is 58.4 Å². The van der Waals surface area contributed by atoms with Gasteiger partial charge in [0.25, 0.3) is 0 Å². The Morgan fingerprint density at radius 3 is 2.50 bits per heavy atom. The maximum atomic E-state index is 9.47. The molecule has 24 heavy (non-hydrogen) atoms. The lowest BCUT2D eigenvalue weighted by atomic mass is 10.1. The van der Waals surface area contributed by atoms with Gasteiger partial charge in [-0.05, 0) is 32.4 Å². The molecular weight excluding hydrogens is 296 g/mol. The Labute approximate surface area is 144 Å². The van der Waals surface area contributed by atoms with Crippen LogP contribution in [0.4, 0.5) is 5.69 Å². The molecule has 0 amide bonds. The zero-order valence-electron chi connectivity index (χ0n) is 14.7. The predicted molar refractivity (Wildman–Crippen MR) is 97.1 cm³/mol. The highest BCUT2D eigenvalue weighted by Gasteiger charge is 2.21. The van der Waals surface area contributed by atoms with E-state index in [2.05, 4.69) is 52.0 Å². The Morgan fingerprint density at radius 1 is 1.08 bits per heavy atom. The summed E-state index contributed by atoms with van der Waals surface area (Å²) in [5, 5.41) is 9.47. The second-order valence-corrected chi connectivity index (χ2v) is 6.61. The molecule has 1 aliphatic heterocycles. The first-order valence-electron chi connectivity index (χ1n) is 8.48. The number of hydrogen-bond donors (Lipinski definition) is 0. The summed E-state index contributed by atoms with van der Waals surface area (Å²) in [6.07, 6.45) is 0. The summed E-state index contributed by atoms with van der Waals surface area (Å²) in [5.41, 5.74) is 6.24. The van der Waals surface area contributed by atoms with Crippen LogP contribution in [0, 0.1) is 32.1 Å². The molecule has 2 aromatic rings. The van der Waals surface area contributed by atoms with Crippen LogP contribution in [0.15, 0.2) is 30.3 Å². The van der Waals surface area contributed by atoms with Crippen molar-refractivity contribution in [1.82, 2.24) is 9.88 Å². The molecule has 4 heteroatoms. The molecule has 0 bridgehead atoms. The molecular formula is C20H24N4. The van der Waals surface area contributed by atoms with Gasteiger partial charge in [-0.15, -0.1) is 0 Å². The molecule has 3 rings (SSSR count). The third-order valence-corrected chi connectivity index (χ3v) is 4.62. The third-order valence-electron chi connectivity index (χ3n) is 4.62. The van der Waals surface area contributed by atoms with Gasteiger partial charge in [-0.1, -0.05) is 29.8 Å². The molecule has 4 nitrogen and oxygen atoms in total. The molecule has 1 fully saturated rings. The van der Waals surface area contributed by atoms with Crippen LogP contribution in [-0.2, 0) is 6.54 Å². The number of hydrogen-bond acceptors (Lipinski definition) is 4. The largest absolute Gasteiger partial charge is 0.368 e. The van der Waals surface area contributed by atoms with E-state index in [-0.39, 0.29) is 0 Å². The first-order valence-corrected chi connectivity index (χ1v) is 8.48. The summed E-state index contributed by atoms with van der Waals surface area (Å²) >= 11 is 0. The molecule has 0 unspecified atom stereocenters. The van der Waals surface area contributed by atoms with E-state index < -0.39 is 0 Å². The second-order valence-electron chi connectivity index (χ2n) is 6.61. The Kier molecular flexibility index (Phi) is 4.82. The minimum absolute atomic E-state index is 0.715. The van der Waals surface area contributed by atoms with Crippen molar-refractivity contribution in [3.8, 4) is 6.07 Å². The fraction of sp³-hybridized carbons (Fsp3) is 0.400. The molecule has 0 radical (unpaired) electrons. The van der Waals surface area contributed by atoms with Crippen LogP contribution in [0.2, 0.25) is 0 Å². The SMILES string of the molecule is Cc1cccc(CN2CCN(c3cc(C)nc(C)c3C#N)CC2)c1. The molecule has 1 aliphatic rings. The maximum Gasteiger partial charge on any atom is 0.103 e. The van der Waals surface area contributed by atoms with Crippen LogP contribution < -0.4 is 4.90 Å². The Balaban J connectivity index is 1.69. The van der Waals surface area contributed by atoms with E-state index in [4.69, 9.17) is 0 Å². The number of anilines is 1. The highest BCUT2D eigenvalue weighted by molar-refractivity contribution is 5.61. The molecule has 2 heterocycles. The zero-order valence-corrected chi connectivity index (χ0v) is 14.7. The topological polar surface area (TPSA) is 43.2 Å². The van der Waals surface area contributed by atoms with Crippen molar-refractivity contribution >= 4 is 5.69 Å². The standard InChI is InChI=1S/C20H24N4/c1-15-5-4-6-18(11-15)14-23-7-9-24(10-8-23)20-12-16(2)22-17(3)19(20)13-21/h4-6,11-12H,7-10,14H2,1-3H3. The van der Waals surface area contributed by atoms with E-state index in [9.17, 15) is 5.26 Å². The van der Waals surface area contributed by atoms with E-state index in [1.54, 1.807) is 0 Å². The molecule has 0 spiro atoms. The lowest BCUT2D eigenvalue weighted by Crippen LogP contribution is -2.46. The molecule has 0 saturated carbocycles. The summed E-state index contributed by atoms with van der Waals surface area (Å²) in [6, 6.07) is 13.1. The lowest BCUT2D eigenvalue weighted by Gasteiger charge is -2.36. The van der Waals surface area contributed by atoms with Crippen LogP contribution in [0.25, 0.3) is 0 Å². The number of pyridine rings is 1. The fourth-order valence-electron chi connectivity index (χ4n) is 3.41. The predicted octanol–water partition coefficient (Wildman–Crippen LogP) is 3.20. The van der Waals surface area contributed by atoms with Crippen molar-refractivity contribution in [1.29, 1.82) is 5.26 Å². The number of aromatic nitrogens is 1. The van der Waals surface area contributed by atoms with Crippen molar-refractivity contribution in [2.45, 2.75) is 27.3 Å². The zero-order chi connectivity index (χ0) is 17.1. The Hall–Kier alpha value is -2.38. The van der Waals surface area contributed by atoms with Crippen molar-refractivity contribution in [2.75, 3.05) is 31.1 Å². The maximum absolute atomic E-state index is 9.47. The molecule has 0 N–H and O–H groups in total. The van der Waals surface area contributed by atoms with Gasteiger partial charge in [-0.25, -0.2) is 0 Å². The number of nitriles is 1. The van der Waals surface area contributed by atoms with Crippen LogP contribution in [0.5, 0.6) is 0 Å². The number of benzene rings is 1. The van der Waals surface area contributed by atoms with Crippen molar-refractivity contribution < 1.29 is 0 Å². The minimum Gasteiger partial charge on any atom is -0.368 e. The van der Waals surface area contributed by atoms with E-state index in [1.807, 2.05) is 19.9 Å². The van der Waals surface area contributed by atoms with Gasteiger partial charge in [0.15, 0.2) is 0 Å². The quantitative estimate of drug-likeness (QED) is 0.871. The molecule has 1 aromatic heterocycles. The number of nitrogens with zero attached hydrogens (tertiary/aromatic N) is 4. The van der Waals surface area contributed by atoms with E-state index in [0.29, 0.717) is 5.56 Å². The fourth-order valence-corrected chi connectivity index (χ4v) is 3.41. The van der Waals surface area contributed by atoms with E-state index in [0.717, 1.165) is 49.8 Å². The van der Waals surface area contributed by atoms with Crippen LogP contribution in [0.3, 0.4) is 0 Å². The first-order chi connectivity index (χ1) is 11.6. The van der Waals surface area contributed by atoms with E-state index in [1.165, 1.54) is 11.1 Å². The van der Waals surface area contributed by atoms with Gasteiger partial charge < -0.3 is 4.90 Å². The second kappa shape index (κ2) is 7.02. The summed E-state index contributed by atoms with van der Waals surface area (Å²) in [4.78, 5) is 9.23. The minimum atomic E-state index is 0.715. The van der Waals surface area contributed by atoms with Gasteiger partial charge in [-0.3, -0.25) is 9.88 Å². The van der Waals surface area contributed by atoms with Gasteiger partial charge in [0.05, 0.1) is 16.9 Å². The highest BCUT2D eigenvalue weighted by Crippen LogP contribution is 2.24. The molecule has 124 valence electrons. The van der Waals surface area contributed by atoms with Crippen molar-refractivity contribution in [3.63, 3.8) is 0 Å². The summed E-state index contributed by atoms with van der Waals surface area (Å²) in [5.74, 6) is 0. The molecule has 0 aliphatic carbocycles. The number of rotatable bonds is 3.